The maximum Gasteiger partial charge on any atom is 0.338 e. The number of carbonyl (C=O) groups is 11. The second kappa shape index (κ2) is 63.3. The van der Waals surface area contributed by atoms with Crippen LogP contribution >= 0.6 is 23.2 Å². The number of hydrogen-bond donors (Lipinski definition) is 7. The molecular weight excluding hydrogens is 1910 g/mol. The van der Waals surface area contributed by atoms with Gasteiger partial charge in [0.1, 0.15) is 39.6 Å². The van der Waals surface area contributed by atoms with Gasteiger partial charge in [0.05, 0.1) is 57.9 Å². The van der Waals surface area contributed by atoms with E-state index in [9.17, 15) is 68.1 Å². The van der Waals surface area contributed by atoms with Crippen molar-refractivity contribution in [3.05, 3.63) is 403 Å². The number of carbonyl (C=O) groups excluding carboxylic acids is 8. The Hall–Kier alpha value is -14.2. The number of rotatable bonds is 43. The van der Waals surface area contributed by atoms with Crippen molar-refractivity contribution in [1.29, 1.82) is 0 Å². The van der Waals surface area contributed by atoms with Crippen LogP contribution in [0.2, 0.25) is 0 Å². The zero-order chi connectivity index (χ0) is 108. The molecule has 0 aromatic heterocycles. The summed E-state index contributed by atoms with van der Waals surface area (Å²) in [5, 5.41) is 43.5. The van der Waals surface area contributed by atoms with Crippen molar-refractivity contribution < 1.29 is 112 Å². The van der Waals surface area contributed by atoms with Gasteiger partial charge >= 0.3 is 53.7 Å². The molecule has 27 heteroatoms. The van der Waals surface area contributed by atoms with Gasteiger partial charge in [-0.2, -0.15) is 0 Å². The summed E-state index contributed by atoms with van der Waals surface area (Å²) in [7, 11) is 1.00. The number of hydroxylamine groups is 2. The van der Waals surface area contributed by atoms with Crippen molar-refractivity contribution >= 4 is 88.7 Å². The van der Waals surface area contributed by atoms with Gasteiger partial charge in [-0.15, -0.1) is 29.8 Å². The second-order valence-electron chi connectivity index (χ2n) is 39.2. The normalized spacial score (nSPS) is 11.8. The molecule has 11 rings (SSSR count). The van der Waals surface area contributed by atoms with Crippen LogP contribution in [-0.4, -0.2) is 104 Å². The summed E-state index contributed by atoms with van der Waals surface area (Å²) in [6, 6.07) is 88.3. The Labute approximate surface area is 873 Å². The number of allylic oxidation sites excluding steroid dienone is 1. The lowest BCUT2D eigenvalue weighted by Crippen LogP contribution is -2.27. The Morgan fingerprint density at radius 1 is 0.313 bits per heavy atom. The van der Waals surface area contributed by atoms with Gasteiger partial charge in [-0.25, -0.2) is 30.1 Å². The molecule has 0 aliphatic rings. The average Bonchev–Trinajstić information content (AvgIpc) is 0.797. The number of ether oxygens (including phenoxy) is 6. The molecule has 0 bridgehead atoms. The van der Waals surface area contributed by atoms with E-state index in [1.165, 1.54) is 11.5 Å². The number of aliphatic hydroxyl groups excluding tert-OH is 1. The molecule has 147 heavy (non-hydrogen) atoms. The van der Waals surface area contributed by atoms with E-state index in [4.69, 9.17) is 66.8 Å². The predicted molar refractivity (Wildman–Crippen MR) is 568 cm³/mol. The molecule has 0 radical (unpaired) electrons. The number of halogens is 2. The number of aromatic carboxylic acids is 1. The fourth-order valence-corrected chi connectivity index (χ4v) is 14.9. The van der Waals surface area contributed by atoms with Crippen LogP contribution in [-0.2, 0) is 160 Å². The van der Waals surface area contributed by atoms with Crippen LogP contribution in [0.5, 0.6) is 0 Å². The lowest BCUT2D eigenvalue weighted by atomic mass is 9.83. The highest BCUT2D eigenvalue weighted by Crippen LogP contribution is 2.34. The van der Waals surface area contributed by atoms with Crippen molar-refractivity contribution in [3.63, 3.8) is 0 Å². The number of esters is 6. The van der Waals surface area contributed by atoms with Gasteiger partial charge in [0.15, 0.2) is 0 Å². The van der Waals surface area contributed by atoms with Gasteiger partial charge in [-0.05, 0) is 211 Å². The molecular formula is C120H140Cl2N2O23. The summed E-state index contributed by atoms with van der Waals surface area (Å²) in [5.41, 5.74) is 17.4. The van der Waals surface area contributed by atoms with E-state index in [2.05, 4.69) is 59.7 Å². The zero-order valence-corrected chi connectivity index (χ0v) is 87.7. The zero-order valence-electron chi connectivity index (χ0n) is 86.2. The number of aliphatic hydroxyl groups is 1. The van der Waals surface area contributed by atoms with Gasteiger partial charge in [0.25, 0.3) is 0 Å². The summed E-state index contributed by atoms with van der Waals surface area (Å²) in [5.74, 6) is -8.97. The Morgan fingerprint density at radius 2 is 0.551 bits per heavy atom. The molecule has 4 unspecified atom stereocenters. The van der Waals surface area contributed by atoms with Crippen molar-refractivity contribution in [1.82, 2.24) is 11.0 Å². The number of alkyl halides is 2. The summed E-state index contributed by atoms with van der Waals surface area (Å²) in [6.07, 6.45) is 4.47. The van der Waals surface area contributed by atoms with Gasteiger partial charge in [0, 0.05) is 26.4 Å². The van der Waals surface area contributed by atoms with E-state index >= 15 is 0 Å². The van der Waals surface area contributed by atoms with Crippen molar-refractivity contribution in [3.8, 4) is 0 Å². The number of carboxylic acids is 3. The fourth-order valence-electron chi connectivity index (χ4n) is 14.9. The number of benzene rings is 11. The quantitative estimate of drug-likeness (QED) is 0.00466. The van der Waals surface area contributed by atoms with Gasteiger partial charge in [-0.3, -0.25) is 43.6 Å². The summed E-state index contributed by atoms with van der Waals surface area (Å²) < 4.78 is 33.7. The maximum atomic E-state index is 13.4. The highest BCUT2D eigenvalue weighted by Gasteiger charge is 2.31. The smallest absolute Gasteiger partial charge is 0.338 e. The van der Waals surface area contributed by atoms with E-state index in [0.29, 0.717) is 41.5 Å². The van der Waals surface area contributed by atoms with Crippen molar-refractivity contribution in [2.45, 2.75) is 228 Å². The molecule has 11 aromatic rings. The first kappa shape index (κ1) is 121. The predicted octanol–water partition coefficient (Wildman–Crippen LogP) is 23.8. The first-order valence-corrected chi connectivity index (χ1v) is 49.6. The van der Waals surface area contributed by atoms with Gasteiger partial charge in [-0.1, -0.05) is 326 Å². The minimum atomic E-state index is -1.08. The van der Waals surface area contributed by atoms with Crippen molar-refractivity contribution in [2.24, 2.45) is 23.7 Å². The molecule has 0 fully saturated rings. The van der Waals surface area contributed by atoms with Crippen LogP contribution in [0.4, 0.5) is 0 Å². The van der Waals surface area contributed by atoms with E-state index in [1.54, 1.807) is 24.3 Å². The third-order valence-corrected chi connectivity index (χ3v) is 23.2. The number of nitrogens with one attached hydrogen (secondary N) is 2. The first-order valence-electron chi connectivity index (χ1n) is 48.6. The molecule has 0 saturated carbocycles. The van der Waals surface area contributed by atoms with Crippen molar-refractivity contribution in [2.75, 3.05) is 12.4 Å². The summed E-state index contributed by atoms with van der Waals surface area (Å²) >= 11 is 9.53. The highest BCUT2D eigenvalue weighted by atomic mass is 35.5. The van der Waals surface area contributed by atoms with Gasteiger partial charge < -0.3 is 48.8 Å². The molecule has 7 N–H and O–H groups in total. The standard InChI is InChI=1S/C38H41NO6.C32H36O4.C31H34O6.C17H23NO6.CH2Cl2.CH4O/c1-38(2,3)34-23-31(22-33(24-34)37(42)44-26-29-15-9-5-10-16-29)21-32(36(41)43-25-28-13-7-4-8-14-28)19-20-35(40)39-45-27-30-17-11-6-12-18-30;1-5-6-17-27(30(33)35-22-24-13-9-7-10-14-24)18-26-19-28(21-29(20-26)32(2,3)4)31(34)36-23-25-15-11-8-12-16-25;1-31(2,3)27-18-24(17-26(19-27)30(35)37-21-23-12-8-5-9-13-23)16-25(14-15-28(32)33)29(34)36-20-22-10-6-4-7-11-22;1-17(2,3)13-8-10(7-12(9-13)16(22)23)6-11(15(20)21)4-5-14(19)18-24;2-1-3;1-2/h4-18,22-24,32H,19-21,25-27H2,1-3H3,(H,39,40);5,7-16,19-21,27H,1,6,17-18,22-23H2,2-4H3;4-13,17-19,25H,14-16,20-21H2,1-3H3,(H,32,33);7-9,11,24H,4-6H2,1-3H3,(H,18,19)(H,20,21)(H,22,23);1H2;2H,1H3. The largest absolute Gasteiger partial charge is 0.481 e. The van der Waals surface area contributed by atoms with E-state index < -0.39 is 65.4 Å². The monoisotopic (exact) mass is 2050 g/mol. The minimum absolute atomic E-state index is 0.0455. The molecule has 0 heterocycles. The van der Waals surface area contributed by atoms with E-state index in [1.807, 2.05) is 296 Å². The van der Waals surface area contributed by atoms with E-state index in [-0.39, 0.29) is 160 Å². The maximum absolute atomic E-state index is 13.4. The van der Waals surface area contributed by atoms with Crippen LogP contribution < -0.4 is 11.0 Å². The first-order chi connectivity index (χ1) is 70.0. The molecule has 25 nitrogen and oxygen atoms in total. The highest BCUT2D eigenvalue weighted by molar-refractivity contribution is 6.40. The molecule has 0 aliphatic heterocycles. The number of aliphatic carboxylic acids is 2. The van der Waals surface area contributed by atoms with Crippen LogP contribution in [0.25, 0.3) is 0 Å². The van der Waals surface area contributed by atoms with Crippen LogP contribution in [0.15, 0.2) is 298 Å². The minimum Gasteiger partial charge on any atom is -0.481 e. The Balaban J connectivity index is 0.000000300. The SMILES string of the molecule is C=CCCC(Cc1cc(C(=O)OCc2ccccc2)cc(C(C)(C)C)c1)C(=O)OCc1ccccc1.CC(C)(C)c1cc(CC(CCC(=O)NO)C(=O)O)cc(C(=O)O)c1.CC(C)(C)c1cc(CC(CCC(=O)NOCc2ccccc2)C(=O)OCc2ccccc2)cc(C(=O)OCc2ccccc2)c1.CC(C)(C)c1cc(CC(CCC(=O)O)C(=O)OCc2ccccc2)cc(C(=O)OCc2ccccc2)c1.CO.ClCCl. The number of amides is 2. The lowest BCUT2D eigenvalue weighted by Gasteiger charge is -2.22. The Kier molecular flexibility index (Phi) is 52.3. The molecule has 2 amide bonds. The van der Waals surface area contributed by atoms with Gasteiger partial charge in [0.2, 0.25) is 11.8 Å². The molecule has 0 spiro atoms. The molecule has 0 aliphatic carbocycles. The summed E-state index contributed by atoms with van der Waals surface area (Å²) in [4.78, 5) is 142. The van der Waals surface area contributed by atoms with Crippen LogP contribution in [0.3, 0.4) is 0 Å². The molecule has 11 aromatic carbocycles. The fraction of sp³-hybridized carbons (Fsp3) is 0.342. The van der Waals surface area contributed by atoms with Crippen LogP contribution in [0.1, 0.15) is 259 Å². The third-order valence-electron chi connectivity index (χ3n) is 23.2. The number of carboxylic acid groups (broad SMARTS) is 3. The molecule has 4 atom stereocenters. The molecule has 0 saturated heterocycles. The topological polar surface area (TPSA) is 378 Å². The lowest BCUT2D eigenvalue weighted by molar-refractivity contribution is -0.151. The summed E-state index contributed by atoms with van der Waals surface area (Å²) in [6.45, 7) is 29.5. The van der Waals surface area contributed by atoms with E-state index in [0.717, 1.165) is 85.0 Å². The van der Waals surface area contributed by atoms with Crippen LogP contribution in [0, 0.1) is 23.7 Å². The second-order valence-corrected chi connectivity index (χ2v) is 40.0. The Bertz CT molecular complexity index is 5960. The Morgan fingerprint density at radius 3 is 0.810 bits per heavy atom. The third kappa shape index (κ3) is 46.4. The average molecular weight is 2050 g/mol. The molecule has 782 valence electrons. The number of hydrogen-bond acceptors (Lipinski definition) is 20.